The van der Waals surface area contributed by atoms with E-state index in [1.54, 1.807) is 0 Å². The summed E-state index contributed by atoms with van der Waals surface area (Å²) >= 11 is 6.22. The molecule has 0 spiro atoms. The van der Waals surface area contributed by atoms with E-state index in [1.807, 2.05) is 18.2 Å². The van der Waals surface area contributed by atoms with Gasteiger partial charge in [-0.1, -0.05) is 29.8 Å². The Kier molecular flexibility index (Phi) is 4.43. The molecule has 0 amide bonds. The van der Waals surface area contributed by atoms with Crippen molar-refractivity contribution in [2.75, 3.05) is 20.1 Å². The average molecular weight is 253 g/mol. The lowest BCUT2D eigenvalue weighted by atomic mass is 10.0. The van der Waals surface area contributed by atoms with Gasteiger partial charge in [-0.2, -0.15) is 0 Å². The van der Waals surface area contributed by atoms with Crippen molar-refractivity contribution in [2.45, 2.75) is 31.8 Å². The van der Waals surface area contributed by atoms with Crippen LogP contribution in [0.15, 0.2) is 24.3 Å². The Hall–Kier alpha value is -0.570. The van der Waals surface area contributed by atoms with Gasteiger partial charge in [0.1, 0.15) is 0 Å². The van der Waals surface area contributed by atoms with Crippen LogP contribution in [0.5, 0.6) is 0 Å². The number of hydrogen-bond acceptors (Lipinski definition) is 2. The van der Waals surface area contributed by atoms with Crippen LogP contribution in [-0.2, 0) is 0 Å². The van der Waals surface area contributed by atoms with Crippen LogP contribution in [0.4, 0.5) is 0 Å². The Balaban J connectivity index is 1.97. The van der Waals surface area contributed by atoms with Crippen LogP contribution in [0.3, 0.4) is 0 Å². The minimum Gasteiger partial charge on any atom is -0.306 e. The maximum Gasteiger partial charge on any atom is 0.0453 e. The molecule has 2 nitrogen and oxygen atoms in total. The van der Waals surface area contributed by atoms with Gasteiger partial charge in [0, 0.05) is 23.7 Å². The number of halogens is 1. The van der Waals surface area contributed by atoms with Gasteiger partial charge in [0.05, 0.1) is 0 Å². The summed E-state index contributed by atoms with van der Waals surface area (Å²) in [6.45, 7) is 4.54. The van der Waals surface area contributed by atoms with Crippen molar-refractivity contribution in [3.8, 4) is 0 Å². The number of rotatable bonds is 3. The molecule has 0 aliphatic carbocycles. The molecule has 1 aliphatic rings. The molecule has 0 bridgehead atoms. The van der Waals surface area contributed by atoms with E-state index in [4.69, 9.17) is 11.6 Å². The average Bonchev–Trinajstić information content (AvgIpc) is 2.29. The van der Waals surface area contributed by atoms with E-state index >= 15 is 0 Å². The van der Waals surface area contributed by atoms with Gasteiger partial charge in [-0.05, 0) is 45.0 Å². The topological polar surface area (TPSA) is 15.3 Å². The zero-order valence-electron chi connectivity index (χ0n) is 10.6. The van der Waals surface area contributed by atoms with Crippen LogP contribution >= 0.6 is 11.6 Å². The van der Waals surface area contributed by atoms with E-state index in [-0.39, 0.29) is 0 Å². The van der Waals surface area contributed by atoms with Crippen molar-refractivity contribution < 1.29 is 0 Å². The van der Waals surface area contributed by atoms with Crippen LogP contribution in [0.1, 0.15) is 31.4 Å². The molecule has 1 saturated heterocycles. The zero-order valence-corrected chi connectivity index (χ0v) is 11.4. The molecule has 94 valence electrons. The van der Waals surface area contributed by atoms with Crippen molar-refractivity contribution in [1.82, 2.24) is 10.2 Å². The zero-order chi connectivity index (χ0) is 12.3. The SMILES string of the molecule is C[C@H](NC1CCCN(C)C1)c1ccccc1Cl. The third kappa shape index (κ3) is 3.44. The molecule has 2 rings (SSSR count). The molecular weight excluding hydrogens is 232 g/mol. The van der Waals surface area contributed by atoms with Gasteiger partial charge in [0.25, 0.3) is 0 Å². The summed E-state index contributed by atoms with van der Waals surface area (Å²) in [5.41, 5.74) is 1.20. The smallest absolute Gasteiger partial charge is 0.0453 e. The number of likely N-dealkylation sites (N-methyl/N-ethyl adjacent to an activating group) is 1. The van der Waals surface area contributed by atoms with Gasteiger partial charge in [0.2, 0.25) is 0 Å². The fraction of sp³-hybridized carbons (Fsp3) is 0.571. The largest absolute Gasteiger partial charge is 0.306 e. The second-order valence-corrected chi connectivity index (χ2v) is 5.42. The van der Waals surface area contributed by atoms with E-state index in [0.29, 0.717) is 12.1 Å². The Bertz CT molecular complexity index is 367. The normalized spacial score (nSPS) is 23.6. The third-order valence-electron chi connectivity index (χ3n) is 3.48. The first kappa shape index (κ1) is 12.9. The Morgan fingerprint density at radius 2 is 2.18 bits per heavy atom. The summed E-state index contributed by atoms with van der Waals surface area (Å²) in [7, 11) is 2.19. The fourth-order valence-corrected chi connectivity index (χ4v) is 2.87. The second kappa shape index (κ2) is 5.85. The highest BCUT2D eigenvalue weighted by molar-refractivity contribution is 6.31. The number of hydrogen-bond donors (Lipinski definition) is 1. The van der Waals surface area contributed by atoms with Crippen LogP contribution in [0.25, 0.3) is 0 Å². The number of benzene rings is 1. The minimum absolute atomic E-state index is 0.320. The lowest BCUT2D eigenvalue weighted by molar-refractivity contribution is 0.218. The van der Waals surface area contributed by atoms with Gasteiger partial charge in [0.15, 0.2) is 0 Å². The van der Waals surface area contributed by atoms with Crippen LogP contribution in [0.2, 0.25) is 5.02 Å². The Morgan fingerprint density at radius 3 is 2.88 bits per heavy atom. The maximum atomic E-state index is 6.22. The summed E-state index contributed by atoms with van der Waals surface area (Å²) in [5, 5.41) is 4.54. The van der Waals surface area contributed by atoms with E-state index < -0.39 is 0 Å². The predicted molar refractivity (Wildman–Crippen MR) is 73.5 cm³/mol. The highest BCUT2D eigenvalue weighted by Crippen LogP contribution is 2.23. The van der Waals surface area contributed by atoms with Crippen molar-refractivity contribution in [1.29, 1.82) is 0 Å². The minimum atomic E-state index is 0.320. The van der Waals surface area contributed by atoms with Gasteiger partial charge in [-0.15, -0.1) is 0 Å². The molecule has 17 heavy (non-hydrogen) atoms. The second-order valence-electron chi connectivity index (χ2n) is 5.01. The van der Waals surface area contributed by atoms with Crippen molar-refractivity contribution in [2.24, 2.45) is 0 Å². The summed E-state index contributed by atoms with van der Waals surface area (Å²) < 4.78 is 0. The summed E-state index contributed by atoms with van der Waals surface area (Å²) in [6, 6.07) is 8.99. The summed E-state index contributed by atoms with van der Waals surface area (Å²) in [4.78, 5) is 2.39. The first-order valence-electron chi connectivity index (χ1n) is 6.36. The van der Waals surface area contributed by atoms with Crippen molar-refractivity contribution >= 4 is 11.6 Å². The summed E-state index contributed by atoms with van der Waals surface area (Å²) in [6.07, 6.45) is 2.54. The van der Waals surface area contributed by atoms with Gasteiger partial charge in [-0.3, -0.25) is 0 Å². The summed E-state index contributed by atoms with van der Waals surface area (Å²) in [5.74, 6) is 0. The predicted octanol–water partition coefficient (Wildman–Crippen LogP) is 3.08. The highest BCUT2D eigenvalue weighted by atomic mass is 35.5. The molecule has 1 heterocycles. The molecule has 0 aromatic heterocycles. The number of nitrogens with one attached hydrogen (secondary N) is 1. The van der Waals surface area contributed by atoms with E-state index in [1.165, 1.54) is 24.9 Å². The first-order chi connectivity index (χ1) is 8.16. The molecule has 1 aromatic carbocycles. The highest BCUT2D eigenvalue weighted by Gasteiger charge is 2.19. The van der Waals surface area contributed by atoms with Gasteiger partial charge >= 0.3 is 0 Å². The van der Waals surface area contributed by atoms with Gasteiger partial charge in [-0.25, -0.2) is 0 Å². The monoisotopic (exact) mass is 252 g/mol. The van der Waals surface area contributed by atoms with Crippen molar-refractivity contribution in [3.05, 3.63) is 34.9 Å². The first-order valence-corrected chi connectivity index (χ1v) is 6.73. The van der Waals surface area contributed by atoms with Crippen LogP contribution in [-0.4, -0.2) is 31.1 Å². The molecule has 1 fully saturated rings. The maximum absolute atomic E-state index is 6.22. The number of likely N-dealkylation sites (tertiary alicyclic amines) is 1. The van der Waals surface area contributed by atoms with E-state index in [2.05, 4.69) is 30.3 Å². The quantitative estimate of drug-likeness (QED) is 0.890. The molecule has 1 aromatic rings. The molecule has 1 N–H and O–H groups in total. The van der Waals surface area contributed by atoms with Gasteiger partial charge < -0.3 is 10.2 Å². The number of nitrogens with zero attached hydrogens (tertiary/aromatic N) is 1. The molecule has 0 radical (unpaired) electrons. The van der Waals surface area contributed by atoms with E-state index in [0.717, 1.165) is 11.6 Å². The molecule has 1 aliphatic heterocycles. The molecular formula is C14H21ClN2. The lowest BCUT2D eigenvalue weighted by Crippen LogP contribution is -2.44. The number of piperidine rings is 1. The van der Waals surface area contributed by atoms with Crippen molar-refractivity contribution in [3.63, 3.8) is 0 Å². The molecule has 2 atom stereocenters. The van der Waals surface area contributed by atoms with Crippen LogP contribution in [0, 0.1) is 0 Å². The lowest BCUT2D eigenvalue weighted by Gasteiger charge is -2.32. The van der Waals surface area contributed by atoms with Crippen LogP contribution < -0.4 is 5.32 Å². The Morgan fingerprint density at radius 1 is 1.41 bits per heavy atom. The molecule has 3 heteroatoms. The molecule has 1 unspecified atom stereocenters. The molecule has 0 saturated carbocycles. The Labute approximate surface area is 109 Å². The fourth-order valence-electron chi connectivity index (χ4n) is 2.57. The standard InChI is InChI=1S/C14H21ClN2/c1-11(13-7-3-4-8-14(13)15)16-12-6-5-9-17(2)10-12/h3-4,7-8,11-12,16H,5-6,9-10H2,1-2H3/t11-,12?/m0/s1. The van der Waals surface area contributed by atoms with E-state index in [9.17, 15) is 0 Å². The third-order valence-corrected chi connectivity index (χ3v) is 3.83.